The Morgan fingerprint density at radius 3 is 1.38 bits per heavy atom. The van der Waals surface area contributed by atoms with Crippen LogP contribution in [0, 0.1) is 0 Å². The number of phenolic OH excluding ortho intramolecular Hbond substituents is 1. The third-order valence-corrected chi connectivity index (χ3v) is 3.43. The van der Waals surface area contributed by atoms with Crippen molar-refractivity contribution in [2.24, 2.45) is 0 Å². The minimum absolute atomic E-state index is 0.350. The molecule has 4 rings (SSSR count). The smallest absolute Gasteiger partial charge is 0.123 e. The van der Waals surface area contributed by atoms with Crippen LogP contribution >= 0.6 is 0 Å². The molecular formula is C20H16O. The second kappa shape index (κ2) is 6.10. The van der Waals surface area contributed by atoms with Crippen LogP contribution < -0.4 is 0 Å². The second-order valence-corrected chi connectivity index (χ2v) is 4.85. The molecule has 1 N–H and O–H groups in total. The molecule has 4 aromatic rings. The van der Waals surface area contributed by atoms with Crippen molar-refractivity contribution in [1.82, 2.24) is 0 Å². The summed E-state index contributed by atoms with van der Waals surface area (Å²) in [7, 11) is 0. The standard InChI is InChI=1S/C10H8O.C10H8/c11-10-7-3-5-8-4-1-2-6-9(8)10;1-2-6-10-8-4-3-7-9(10)5-1/h1-7,11H;1-8H. The molecule has 0 aliphatic rings. The SMILES string of the molecule is Oc1cccc2ccccc12.c1ccc2ccccc2c1. The third-order valence-electron chi connectivity index (χ3n) is 3.43. The zero-order chi connectivity index (χ0) is 14.5. The summed E-state index contributed by atoms with van der Waals surface area (Å²) in [5, 5.41) is 14.0. The fourth-order valence-corrected chi connectivity index (χ4v) is 2.34. The van der Waals surface area contributed by atoms with Gasteiger partial charge in [0.25, 0.3) is 0 Å². The van der Waals surface area contributed by atoms with Crippen molar-refractivity contribution >= 4 is 21.5 Å². The zero-order valence-electron chi connectivity index (χ0n) is 11.6. The maximum atomic E-state index is 9.37. The first kappa shape index (κ1) is 13.2. The third kappa shape index (κ3) is 3.03. The van der Waals surface area contributed by atoms with E-state index >= 15 is 0 Å². The molecule has 0 radical (unpaired) electrons. The van der Waals surface area contributed by atoms with Gasteiger partial charge in [-0.25, -0.2) is 0 Å². The molecule has 0 saturated heterocycles. The lowest BCUT2D eigenvalue weighted by Gasteiger charge is -1.97. The highest BCUT2D eigenvalue weighted by atomic mass is 16.3. The highest BCUT2D eigenvalue weighted by Gasteiger charge is 1.94. The van der Waals surface area contributed by atoms with E-state index in [-0.39, 0.29) is 0 Å². The predicted octanol–water partition coefficient (Wildman–Crippen LogP) is 5.39. The van der Waals surface area contributed by atoms with Gasteiger partial charge in [0.15, 0.2) is 0 Å². The van der Waals surface area contributed by atoms with Gasteiger partial charge in [-0.15, -0.1) is 0 Å². The highest BCUT2D eigenvalue weighted by Crippen LogP contribution is 2.22. The highest BCUT2D eigenvalue weighted by molar-refractivity contribution is 5.87. The van der Waals surface area contributed by atoms with Gasteiger partial charge < -0.3 is 5.11 Å². The Morgan fingerprint density at radius 1 is 0.429 bits per heavy atom. The summed E-state index contributed by atoms with van der Waals surface area (Å²) in [6, 6.07) is 30.0. The van der Waals surface area contributed by atoms with Crippen LogP contribution in [-0.4, -0.2) is 5.11 Å². The molecule has 1 nitrogen and oxygen atoms in total. The van der Waals surface area contributed by atoms with Gasteiger partial charge in [0, 0.05) is 5.39 Å². The predicted molar refractivity (Wildman–Crippen MR) is 89.6 cm³/mol. The first-order valence-electron chi connectivity index (χ1n) is 6.95. The number of hydrogen-bond acceptors (Lipinski definition) is 1. The zero-order valence-corrected chi connectivity index (χ0v) is 11.6. The van der Waals surface area contributed by atoms with E-state index in [4.69, 9.17) is 0 Å². The molecule has 0 aliphatic heterocycles. The molecule has 0 fully saturated rings. The molecule has 1 heteroatoms. The summed E-state index contributed by atoms with van der Waals surface area (Å²) in [5.41, 5.74) is 0. The van der Waals surface area contributed by atoms with Crippen LogP contribution in [0.25, 0.3) is 21.5 Å². The molecule has 0 bridgehead atoms. The molecule has 0 aliphatic carbocycles. The van der Waals surface area contributed by atoms with Crippen molar-refractivity contribution < 1.29 is 5.11 Å². The minimum atomic E-state index is 0.350. The van der Waals surface area contributed by atoms with Gasteiger partial charge in [0.05, 0.1) is 0 Å². The van der Waals surface area contributed by atoms with Gasteiger partial charge in [-0.1, -0.05) is 84.9 Å². The fraction of sp³-hybridized carbons (Fsp3) is 0. The maximum Gasteiger partial charge on any atom is 0.123 e. The van der Waals surface area contributed by atoms with Crippen molar-refractivity contribution in [2.75, 3.05) is 0 Å². The summed E-state index contributed by atoms with van der Waals surface area (Å²) in [6.07, 6.45) is 0. The van der Waals surface area contributed by atoms with Crippen molar-refractivity contribution in [1.29, 1.82) is 0 Å². The number of phenols is 1. The summed E-state index contributed by atoms with van der Waals surface area (Å²) < 4.78 is 0. The molecule has 21 heavy (non-hydrogen) atoms. The van der Waals surface area contributed by atoms with Crippen LogP contribution in [-0.2, 0) is 0 Å². The van der Waals surface area contributed by atoms with E-state index in [2.05, 4.69) is 48.5 Å². The average molecular weight is 272 g/mol. The van der Waals surface area contributed by atoms with E-state index in [0.717, 1.165) is 10.8 Å². The summed E-state index contributed by atoms with van der Waals surface area (Å²) in [4.78, 5) is 0. The van der Waals surface area contributed by atoms with E-state index in [1.165, 1.54) is 10.8 Å². The average Bonchev–Trinajstić information content (AvgIpc) is 2.56. The summed E-state index contributed by atoms with van der Waals surface area (Å²) in [5.74, 6) is 0.350. The number of fused-ring (bicyclic) bond motifs is 2. The van der Waals surface area contributed by atoms with Crippen molar-refractivity contribution in [3.05, 3.63) is 91.0 Å². The molecule has 4 aromatic carbocycles. The molecule has 0 heterocycles. The van der Waals surface area contributed by atoms with Gasteiger partial charge in [0.2, 0.25) is 0 Å². The Morgan fingerprint density at radius 2 is 0.857 bits per heavy atom. The lowest BCUT2D eigenvalue weighted by molar-refractivity contribution is 0.481. The van der Waals surface area contributed by atoms with Crippen molar-refractivity contribution in [3.63, 3.8) is 0 Å². The number of benzene rings is 4. The monoisotopic (exact) mass is 272 g/mol. The van der Waals surface area contributed by atoms with E-state index in [1.807, 2.05) is 36.4 Å². The summed E-state index contributed by atoms with van der Waals surface area (Å²) >= 11 is 0. The fourth-order valence-electron chi connectivity index (χ4n) is 2.34. The van der Waals surface area contributed by atoms with Crippen LogP contribution in [0.4, 0.5) is 0 Å². The van der Waals surface area contributed by atoms with Gasteiger partial charge in [-0.05, 0) is 22.2 Å². The Bertz CT molecular complexity index is 794. The van der Waals surface area contributed by atoms with Gasteiger partial charge >= 0.3 is 0 Å². The van der Waals surface area contributed by atoms with Crippen molar-refractivity contribution in [2.45, 2.75) is 0 Å². The molecule has 102 valence electrons. The van der Waals surface area contributed by atoms with E-state index < -0.39 is 0 Å². The van der Waals surface area contributed by atoms with Gasteiger partial charge in [-0.3, -0.25) is 0 Å². The minimum Gasteiger partial charge on any atom is -0.507 e. The van der Waals surface area contributed by atoms with Crippen LogP contribution in [0.1, 0.15) is 0 Å². The number of aromatic hydroxyl groups is 1. The quantitative estimate of drug-likeness (QED) is 0.455. The van der Waals surface area contributed by atoms with Crippen LogP contribution in [0.15, 0.2) is 91.0 Å². The topological polar surface area (TPSA) is 20.2 Å². The van der Waals surface area contributed by atoms with E-state index in [0.29, 0.717) is 5.75 Å². The van der Waals surface area contributed by atoms with E-state index in [9.17, 15) is 5.11 Å². The Labute approximate surface area is 124 Å². The maximum absolute atomic E-state index is 9.37. The van der Waals surface area contributed by atoms with Crippen LogP contribution in [0.2, 0.25) is 0 Å². The molecule has 0 amide bonds. The van der Waals surface area contributed by atoms with Gasteiger partial charge in [-0.2, -0.15) is 0 Å². The largest absolute Gasteiger partial charge is 0.507 e. The number of rotatable bonds is 0. The van der Waals surface area contributed by atoms with E-state index in [1.54, 1.807) is 6.07 Å². The Hall–Kier alpha value is -2.80. The molecule has 0 spiro atoms. The molecule has 0 unspecified atom stereocenters. The molecule has 0 aromatic heterocycles. The van der Waals surface area contributed by atoms with Crippen LogP contribution in [0.5, 0.6) is 5.75 Å². The lowest BCUT2D eigenvalue weighted by Crippen LogP contribution is -1.70. The summed E-state index contributed by atoms with van der Waals surface area (Å²) in [6.45, 7) is 0. The first-order valence-corrected chi connectivity index (χ1v) is 6.95. The molecule has 0 saturated carbocycles. The van der Waals surface area contributed by atoms with Crippen molar-refractivity contribution in [3.8, 4) is 5.75 Å². The van der Waals surface area contributed by atoms with Gasteiger partial charge in [0.1, 0.15) is 5.75 Å². The molecule has 0 atom stereocenters. The normalized spacial score (nSPS) is 10.1. The molecular weight excluding hydrogens is 256 g/mol. The Balaban J connectivity index is 0.000000126. The second-order valence-electron chi connectivity index (χ2n) is 4.85. The first-order chi connectivity index (χ1) is 10.3. The lowest BCUT2D eigenvalue weighted by atomic mass is 10.1. The van der Waals surface area contributed by atoms with Crippen LogP contribution in [0.3, 0.4) is 0 Å². The Kier molecular flexibility index (Phi) is 3.83. The number of hydrogen-bond donors (Lipinski definition) is 1.